The van der Waals surface area contributed by atoms with Gasteiger partial charge in [-0.3, -0.25) is 4.79 Å². The summed E-state index contributed by atoms with van der Waals surface area (Å²) in [5.74, 6) is -0.392. The average molecular weight is 563 g/mol. The molecule has 0 aliphatic carbocycles. The largest absolute Gasteiger partial charge is 0.490 e. The van der Waals surface area contributed by atoms with Gasteiger partial charge in [-0.1, -0.05) is 127 Å². The summed E-state index contributed by atoms with van der Waals surface area (Å²) in [6, 6.07) is 12.7. The topological polar surface area (TPSA) is 41.6 Å². The molecule has 41 heavy (non-hydrogen) atoms. The number of nitrogens with one attached hydrogen (secondary N) is 1. The summed E-state index contributed by atoms with van der Waals surface area (Å²) in [5.41, 5.74) is 2.48. The fraction of sp³-hybridized carbons (Fsp3) is 0.528. The Balaban J connectivity index is 1.29. The second-order valence-corrected chi connectivity index (χ2v) is 11.3. The van der Waals surface area contributed by atoms with Gasteiger partial charge in [0.15, 0.2) is 11.6 Å². The van der Waals surface area contributed by atoms with Gasteiger partial charge in [-0.15, -0.1) is 0 Å². The van der Waals surface area contributed by atoms with Crippen LogP contribution in [0.4, 0.5) is 10.1 Å². The van der Waals surface area contributed by atoms with Crippen LogP contribution in [0.1, 0.15) is 108 Å². The highest BCUT2D eigenvalue weighted by Crippen LogP contribution is 2.24. The lowest BCUT2D eigenvalue weighted by molar-refractivity contribution is -0.115. The van der Waals surface area contributed by atoms with Gasteiger partial charge in [-0.25, -0.2) is 4.39 Å². The van der Waals surface area contributed by atoms with Gasteiger partial charge >= 0.3 is 0 Å². The molecular formula is C36H51FN2O2. The Hall–Kier alpha value is -3.08. The summed E-state index contributed by atoms with van der Waals surface area (Å²) < 4.78 is 20.4. The molecule has 2 aromatic carbocycles. The number of hydrogen-bond acceptors (Lipinski definition) is 3. The molecule has 0 spiro atoms. The fourth-order valence-electron chi connectivity index (χ4n) is 5.26. The van der Waals surface area contributed by atoms with Gasteiger partial charge in [0.05, 0.1) is 13.0 Å². The van der Waals surface area contributed by atoms with Crippen LogP contribution < -0.4 is 10.1 Å². The molecule has 0 atom stereocenters. The quantitative estimate of drug-likeness (QED) is 0.154. The van der Waals surface area contributed by atoms with Crippen molar-refractivity contribution < 1.29 is 13.9 Å². The zero-order valence-corrected chi connectivity index (χ0v) is 25.2. The maximum atomic E-state index is 14.6. The van der Waals surface area contributed by atoms with E-state index in [1.807, 2.05) is 36.4 Å². The Morgan fingerprint density at radius 1 is 0.829 bits per heavy atom. The van der Waals surface area contributed by atoms with Gasteiger partial charge in [0.1, 0.15) is 0 Å². The number of amides is 1. The molecule has 3 rings (SSSR count). The highest BCUT2D eigenvalue weighted by Gasteiger charge is 2.14. The molecule has 0 unspecified atom stereocenters. The minimum absolute atomic E-state index is 0.0679. The lowest BCUT2D eigenvalue weighted by Gasteiger charge is -2.20. The number of allylic oxidation sites excluding steroid dienone is 2. The third-order valence-corrected chi connectivity index (χ3v) is 7.65. The average Bonchev–Trinajstić information content (AvgIpc) is 2.98. The number of anilines is 1. The highest BCUT2D eigenvalue weighted by atomic mass is 19.1. The molecule has 5 heteroatoms. The Morgan fingerprint density at radius 3 is 2.07 bits per heavy atom. The lowest BCUT2D eigenvalue weighted by atomic mass is 10.0. The fourth-order valence-corrected chi connectivity index (χ4v) is 5.26. The number of nitrogens with zero attached hydrogens (tertiary/aromatic N) is 1. The van der Waals surface area contributed by atoms with Gasteiger partial charge in [0, 0.05) is 24.3 Å². The molecule has 0 aromatic heterocycles. The Bertz CT molecular complexity index is 1060. The van der Waals surface area contributed by atoms with Gasteiger partial charge in [0.25, 0.3) is 0 Å². The number of hydrogen-bond donors (Lipinski definition) is 1. The van der Waals surface area contributed by atoms with Crippen LogP contribution in [0.25, 0.3) is 0 Å². The molecule has 224 valence electrons. The van der Waals surface area contributed by atoms with Crippen LogP contribution in [-0.2, 0) is 17.8 Å². The smallest absolute Gasteiger partial charge is 0.228 e. The zero-order valence-electron chi connectivity index (χ0n) is 25.2. The van der Waals surface area contributed by atoms with Crippen LogP contribution in [0.3, 0.4) is 0 Å². The predicted octanol–water partition coefficient (Wildman–Crippen LogP) is 9.75. The minimum Gasteiger partial charge on any atom is -0.490 e. The van der Waals surface area contributed by atoms with E-state index >= 15 is 0 Å². The molecular weight excluding hydrogens is 511 g/mol. The molecule has 1 heterocycles. The van der Waals surface area contributed by atoms with Crippen LogP contribution in [0.2, 0.25) is 0 Å². The van der Waals surface area contributed by atoms with Crippen molar-refractivity contribution in [2.75, 3.05) is 18.5 Å². The summed E-state index contributed by atoms with van der Waals surface area (Å²) in [6.45, 7) is 4.45. The third kappa shape index (κ3) is 13.4. The van der Waals surface area contributed by atoms with E-state index in [2.05, 4.69) is 29.4 Å². The van der Waals surface area contributed by atoms with Gasteiger partial charge in [-0.2, -0.15) is 0 Å². The summed E-state index contributed by atoms with van der Waals surface area (Å²) in [7, 11) is 0. The van der Waals surface area contributed by atoms with E-state index in [0.29, 0.717) is 12.2 Å². The van der Waals surface area contributed by atoms with E-state index in [1.165, 1.54) is 88.7 Å². The summed E-state index contributed by atoms with van der Waals surface area (Å²) >= 11 is 0. The second-order valence-electron chi connectivity index (χ2n) is 11.3. The molecule has 2 aromatic rings. The monoisotopic (exact) mass is 562 g/mol. The number of unbranched alkanes of at least 4 members (excludes halogenated alkanes) is 13. The molecule has 0 saturated carbocycles. The molecule has 0 bridgehead atoms. The van der Waals surface area contributed by atoms with E-state index < -0.39 is 5.82 Å². The number of rotatable bonds is 21. The lowest BCUT2D eigenvalue weighted by Crippen LogP contribution is -2.18. The second kappa shape index (κ2) is 19.9. The first-order valence-electron chi connectivity index (χ1n) is 16.0. The van der Waals surface area contributed by atoms with Crippen molar-refractivity contribution >= 4 is 11.6 Å². The van der Waals surface area contributed by atoms with Gasteiger partial charge in [-0.05, 0) is 42.5 Å². The zero-order chi connectivity index (χ0) is 29.0. The maximum Gasteiger partial charge on any atom is 0.228 e. The summed E-state index contributed by atoms with van der Waals surface area (Å²) in [4.78, 5) is 15.0. The molecule has 1 aliphatic rings. The number of halogens is 1. The normalized spacial score (nSPS) is 12.6. The molecule has 0 radical (unpaired) electrons. The molecule has 0 saturated heterocycles. The Morgan fingerprint density at radius 2 is 1.46 bits per heavy atom. The first-order chi connectivity index (χ1) is 20.2. The van der Waals surface area contributed by atoms with Crippen molar-refractivity contribution in [2.24, 2.45) is 0 Å². The first-order valence-corrected chi connectivity index (χ1v) is 16.0. The maximum absolute atomic E-state index is 14.6. The van der Waals surface area contributed by atoms with Crippen molar-refractivity contribution in [3.8, 4) is 5.75 Å². The number of para-hydroxylation sites is 1. The predicted molar refractivity (Wildman–Crippen MR) is 170 cm³/mol. The number of ether oxygens (including phenoxy) is 1. The minimum atomic E-state index is -0.411. The highest BCUT2D eigenvalue weighted by molar-refractivity contribution is 5.92. The van der Waals surface area contributed by atoms with Crippen LogP contribution in [0.15, 0.2) is 66.9 Å². The van der Waals surface area contributed by atoms with Gasteiger partial charge < -0.3 is 15.0 Å². The number of benzene rings is 2. The van der Waals surface area contributed by atoms with E-state index in [4.69, 9.17) is 4.74 Å². The van der Waals surface area contributed by atoms with Crippen LogP contribution in [-0.4, -0.2) is 24.0 Å². The number of carbonyl (C=O) groups excluding carboxylic acids is 1. The van der Waals surface area contributed by atoms with Crippen LogP contribution >= 0.6 is 0 Å². The third-order valence-electron chi connectivity index (χ3n) is 7.65. The van der Waals surface area contributed by atoms with E-state index in [9.17, 15) is 9.18 Å². The molecule has 1 aliphatic heterocycles. The standard InChI is InChI=1S/C36H51FN2O2/c1-2-3-4-5-6-7-8-9-10-11-12-13-14-18-28-41-36-32(20-19-21-34(36)37)29-35(40)38-33-24-22-31(23-25-33)30-39-26-16-15-17-27-39/h15-17,19-26H,2-14,18,27-30H2,1H3,(H,38,40). The molecule has 4 nitrogen and oxygen atoms in total. The van der Waals surface area contributed by atoms with Crippen LogP contribution in [0, 0.1) is 5.82 Å². The van der Waals surface area contributed by atoms with Crippen molar-refractivity contribution in [1.29, 1.82) is 0 Å². The molecule has 1 N–H and O–H groups in total. The first kappa shape index (κ1) is 32.4. The van der Waals surface area contributed by atoms with Gasteiger partial charge in [0.2, 0.25) is 5.91 Å². The Labute approximate surface area is 248 Å². The Kier molecular flexibility index (Phi) is 15.7. The van der Waals surface area contributed by atoms with E-state index in [-0.39, 0.29) is 18.1 Å². The van der Waals surface area contributed by atoms with Crippen LogP contribution in [0.5, 0.6) is 5.75 Å². The SMILES string of the molecule is CCCCCCCCCCCCCCCCOc1c(F)cccc1CC(=O)Nc1ccc(CN2C=CC=CC2)cc1. The summed E-state index contributed by atoms with van der Waals surface area (Å²) in [6.07, 6.45) is 26.5. The number of carbonyl (C=O) groups is 1. The van der Waals surface area contributed by atoms with E-state index in [0.717, 1.165) is 31.6 Å². The van der Waals surface area contributed by atoms with Crippen molar-refractivity contribution in [3.63, 3.8) is 0 Å². The molecule has 0 fully saturated rings. The molecule has 1 amide bonds. The summed E-state index contributed by atoms with van der Waals surface area (Å²) in [5, 5.41) is 2.93. The van der Waals surface area contributed by atoms with Crippen molar-refractivity contribution in [1.82, 2.24) is 4.90 Å². The van der Waals surface area contributed by atoms with E-state index in [1.54, 1.807) is 12.1 Å². The van der Waals surface area contributed by atoms with Crippen molar-refractivity contribution in [3.05, 3.63) is 83.8 Å². The van der Waals surface area contributed by atoms with Crippen molar-refractivity contribution in [2.45, 2.75) is 110 Å².